The summed E-state index contributed by atoms with van der Waals surface area (Å²) in [5.41, 5.74) is 2.05. The average Bonchev–Trinajstić information content (AvgIpc) is 3.33. The number of ether oxygens (including phenoxy) is 1. The number of hydrogen-bond acceptors (Lipinski definition) is 4. The minimum absolute atomic E-state index is 0.0449. The van der Waals surface area contributed by atoms with Crippen molar-refractivity contribution in [2.24, 2.45) is 0 Å². The second kappa shape index (κ2) is 6.66. The molecular weight excluding hydrogens is 356 g/mol. The minimum atomic E-state index is -0.436. The molecular formula is C22H24N2O2S. The highest BCUT2D eigenvalue weighted by atomic mass is 32.2. The molecule has 4 nitrogen and oxygen atoms in total. The van der Waals surface area contributed by atoms with Crippen molar-refractivity contribution in [3.05, 3.63) is 65.7 Å². The Morgan fingerprint density at radius 3 is 2.85 bits per heavy atom. The van der Waals surface area contributed by atoms with Crippen LogP contribution in [0.25, 0.3) is 0 Å². The number of benzene rings is 2. The van der Waals surface area contributed by atoms with Crippen molar-refractivity contribution in [1.29, 1.82) is 0 Å². The van der Waals surface area contributed by atoms with E-state index in [0.717, 1.165) is 19.5 Å². The van der Waals surface area contributed by atoms with Gasteiger partial charge in [-0.15, -0.1) is 11.8 Å². The maximum absolute atomic E-state index is 13.0. The Balaban J connectivity index is 1.40. The Labute approximate surface area is 164 Å². The van der Waals surface area contributed by atoms with E-state index in [1.54, 1.807) is 11.8 Å². The van der Waals surface area contributed by atoms with Crippen molar-refractivity contribution >= 4 is 17.7 Å². The fourth-order valence-corrected chi connectivity index (χ4v) is 5.53. The van der Waals surface area contributed by atoms with Crippen LogP contribution in [-0.2, 0) is 16.1 Å². The lowest BCUT2D eigenvalue weighted by molar-refractivity contribution is -0.138. The number of hydrogen-bond donors (Lipinski definition) is 0. The standard InChI is InChI=1S/C22H24N2O2S/c1-27-18-9-5-6-16(12-18)14-23-11-10-22-20(23)13-21(25)24(22)19(15-26-22)17-7-3-2-4-8-17/h2-9,12,19-20H,10-11,13-15H2,1H3/t19-,20+,22-/m0/s1. The van der Waals surface area contributed by atoms with E-state index in [1.165, 1.54) is 16.0 Å². The fraction of sp³-hybridized carbons (Fsp3) is 0.409. The highest BCUT2D eigenvalue weighted by Gasteiger charge is 2.64. The van der Waals surface area contributed by atoms with E-state index < -0.39 is 5.72 Å². The second-order valence-electron chi connectivity index (χ2n) is 7.64. The molecule has 2 aromatic carbocycles. The summed E-state index contributed by atoms with van der Waals surface area (Å²) < 4.78 is 6.40. The van der Waals surface area contributed by atoms with E-state index >= 15 is 0 Å². The lowest BCUT2D eigenvalue weighted by Gasteiger charge is -2.33. The van der Waals surface area contributed by atoms with Crippen molar-refractivity contribution in [2.45, 2.75) is 42.1 Å². The van der Waals surface area contributed by atoms with Crippen LogP contribution >= 0.6 is 11.8 Å². The van der Waals surface area contributed by atoms with Crippen molar-refractivity contribution in [1.82, 2.24) is 9.80 Å². The number of carbonyl (C=O) groups excluding carboxylic acids is 1. The van der Waals surface area contributed by atoms with Crippen molar-refractivity contribution < 1.29 is 9.53 Å². The van der Waals surface area contributed by atoms with Gasteiger partial charge in [-0.3, -0.25) is 9.69 Å². The monoisotopic (exact) mass is 380 g/mol. The van der Waals surface area contributed by atoms with Crippen molar-refractivity contribution in [2.75, 3.05) is 19.4 Å². The summed E-state index contributed by atoms with van der Waals surface area (Å²) in [5.74, 6) is 0.230. The lowest BCUT2D eigenvalue weighted by Crippen LogP contribution is -2.48. The predicted octanol–water partition coefficient (Wildman–Crippen LogP) is 3.68. The first-order valence-corrected chi connectivity index (χ1v) is 10.8. The zero-order valence-corrected chi connectivity index (χ0v) is 16.3. The number of amides is 1. The van der Waals surface area contributed by atoms with E-state index in [1.807, 2.05) is 18.2 Å². The molecule has 0 aliphatic carbocycles. The summed E-state index contributed by atoms with van der Waals surface area (Å²) >= 11 is 1.77. The molecule has 3 heterocycles. The Morgan fingerprint density at radius 1 is 1.19 bits per heavy atom. The van der Waals surface area contributed by atoms with E-state index in [9.17, 15) is 4.79 Å². The van der Waals surface area contributed by atoms with Crippen molar-refractivity contribution in [3.63, 3.8) is 0 Å². The van der Waals surface area contributed by atoms with Gasteiger partial charge in [0.15, 0.2) is 5.72 Å². The fourth-order valence-electron chi connectivity index (χ4n) is 5.04. The molecule has 1 amide bonds. The summed E-state index contributed by atoms with van der Waals surface area (Å²) in [7, 11) is 0. The zero-order chi connectivity index (χ0) is 18.4. The summed E-state index contributed by atoms with van der Waals surface area (Å²) in [6.45, 7) is 2.45. The predicted molar refractivity (Wildman–Crippen MR) is 106 cm³/mol. The van der Waals surface area contributed by atoms with Crippen LogP contribution in [0.2, 0.25) is 0 Å². The number of thioether (sulfide) groups is 1. The number of rotatable bonds is 4. The molecule has 0 bridgehead atoms. The first-order valence-electron chi connectivity index (χ1n) is 9.59. The molecule has 3 fully saturated rings. The van der Waals surface area contributed by atoms with Crippen LogP contribution in [0.3, 0.4) is 0 Å². The minimum Gasteiger partial charge on any atom is -0.351 e. The summed E-state index contributed by atoms with van der Waals surface area (Å²) in [4.78, 5) is 18.8. The highest BCUT2D eigenvalue weighted by molar-refractivity contribution is 7.98. The summed E-state index contributed by atoms with van der Waals surface area (Å²) in [5, 5.41) is 0. The largest absolute Gasteiger partial charge is 0.351 e. The maximum Gasteiger partial charge on any atom is 0.227 e. The Bertz CT molecular complexity index is 858. The van der Waals surface area contributed by atoms with E-state index in [2.05, 4.69) is 52.5 Å². The van der Waals surface area contributed by atoms with Crippen LogP contribution in [0.15, 0.2) is 59.5 Å². The molecule has 27 heavy (non-hydrogen) atoms. The van der Waals surface area contributed by atoms with Gasteiger partial charge < -0.3 is 9.64 Å². The van der Waals surface area contributed by atoms with Gasteiger partial charge in [0.2, 0.25) is 5.91 Å². The average molecular weight is 381 g/mol. The molecule has 3 aliphatic heterocycles. The van der Waals surface area contributed by atoms with Gasteiger partial charge in [0.1, 0.15) is 0 Å². The quantitative estimate of drug-likeness (QED) is 0.758. The SMILES string of the molecule is CSc1cccc(CN2CC[C@@]34OC[C@@H](c5ccccc5)N3C(=O)C[C@@H]24)c1. The molecule has 140 valence electrons. The third-order valence-corrected chi connectivity index (χ3v) is 7.00. The molecule has 0 N–H and O–H groups in total. The lowest BCUT2D eigenvalue weighted by atomic mass is 10.0. The smallest absolute Gasteiger partial charge is 0.227 e. The van der Waals surface area contributed by atoms with Gasteiger partial charge in [-0.05, 0) is 29.5 Å². The third-order valence-electron chi connectivity index (χ3n) is 6.27. The topological polar surface area (TPSA) is 32.8 Å². The Morgan fingerprint density at radius 2 is 2.04 bits per heavy atom. The number of carbonyl (C=O) groups is 1. The molecule has 3 aliphatic rings. The second-order valence-corrected chi connectivity index (χ2v) is 8.52. The first kappa shape index (κ1) is 17.3. The van der Waals surface area contributed by atoms with E-state index in [0.29, 0.717) is 13.0 Å². The molecule has 5 heteroatoms. The van der Waals surface area contributed by atoms with Crippen LogP contribution in [0.5, 0.6) is 0 Å². The maximum atomic E-state index is 13.0. The van der Waals surface area contributed by atoms with Gasteiger partial charge in [0, 0.05) is 30.8 Å². The van der Waals surface area contributed by atoms with Gasteiger partial charge in [-0.1, -0.05) is 42.5 Å². The van der Waals surface area contributed by atoms with Gasteiger partial charge in [0.05, 0.1) is 18.7 Å². The van der Waals surface area contributed by atoms with Gasteiger partial charge in [-0.2, -0.15) is 0 Å². The number of nitrogens with zero attached hydrogens (tertiary/aromatic N) is 2. The van der Waals surface area contributed by atoms with Crippen LogP contribution in [0, 0.1) is 0 Å². The molecule has 5 rings (SSSR count). The van der Waals surface area contributed by atoms with Gasteiger partial charge in [-0.25, -0.2) is 0 Å². The van der Waals surface area contributed by atoms with Gasteiger partial charge in [0.25, 0.3) is 0 Å². The molecule has 0 unspecified atom stereocenters. The molecule has 0 aromatic heterocycles. The third kappa shape index (κ3) is 2.72. The molecule has 1 spiro atoms. The zero-order valence-electron chi connectivity index (χ0n) is 15.5. The van der Waals surface area contributed by atoms with E-state index in [4.69, 9.17) is 4.74 Å². The van der Waals surface area contributed by atoms with Crippen LogP contribution in [-0.4, -0.2) is 46.9 Å². The molecule has 0 saturated carbocycles. The Kier molecular flexibility index (Phi) is 4.26. The summed E-state index contributed by atoms with van der Waals surface area (Å²) in [6.07, 6.45) is 3.56. The van der Waals surface area contributed by atoms with Crippen LogP contribution < -0.4 is 0 Å². The molecule has 2 aromatic rings. The van der Waals surface area contributed by atoms with E-state index in [-0.39, 0.29) is 18.0 Å². The Hall–Kier alpha value is -1.82. The van der Waals surface area contributed by atoms with Gasteiger partial charge >= 0.3 is 0 Å². The normalized spacial score (nSPS) is 30.0. The summed E-state index contributed by atoms with van der Waals surface area (Å²) in [6, 6.07) is 19.2. The molecule has 0 radical (unpaired) electrons. The van der Waals surface area contributed by atoms with Crippen LogP contribution in [0.4, 0.5) is 0 Å². The molecule has 3 atom stereocenters. The van der Waals surface area contributed by atoms with Crippen LogP contribution in [0.1, 0.15) is 30.0 Å². The highest BCUT2D eigenvalue weighted by Crippen LogP contribution is 2.51. The molecule has 3 saturated heterocycles. The number of likely N-dealkylation sites (tertiary alicyclic amines) is 1. The first-order chi connectivity index (χ1) is 13.2. The van der Waals surface area contributed by atoms with Crippen molar-refractivity contribution in [3.8, 4) is 0 Å².